The zero-order chi connectivity index (χ0) is 9.84. The van der Waals surface area contributed by atoms with Crippen LogP contribution in [0.25, 0.3) is 0 Å². The number of hydrazine groups is 1. The summed E-state index contributed by atoms with van der Waals surface area (Å²) in [4.78, 5) is 20.5. The summed E-state index contributed by atoms with van der Waals surface area (Å²) in [6, 6.07) is 0. The lowest BCUT2D eigenvalue weighted by atomic mass is 10.4. The molecular formula is C7H11N5O. The van der Waals surface area contributed by atoms with Crippen LogP contribution in [0.2, 0.25) is 0 Å². The van der Waals surface area contributed by atoms with E-state index in [1.807, 2.05) is 0 Å². The van der Waals surface area contributed by atoms with Crippen LogP contribution in [0.1, 0.15) is 10.5 Å². The number of nitrogens with two attached hydrogens (primary N) is 1. The number of aromatic nitrogens is 2. The molecule has 0 aliphatic rings. The molecule has 0 saturated heterocycles. The van der Waals surface area contributed by atoms with Crippen molar-refractivity contribution >= 4 is 11.7 Å². The summed E-state index contributed by atoms with van der Waals surface area (Å²) in [5.74, 6) is 5.28. The Bertz CT molecular complexity index is 312. The molecule has 13 heavy (non-hydrogen) atoms. The predicted octanol–water partition coefficient (Wildman–Crippen LogP) is -0.536. The standard InChI is InChI=1S/C7H11N5O/c1-12(2)7(13)5-3-9-4-6(10-5)11-8/h3-4H,8H2,1-2H3,(H,10,11). The molecule has 0 bridgehead atoms. The van der Waals surface area contributed by atoms with Crippen LogP contribution in [0.4, 0.5) is 5.82 Å². The Kier molecular flexibility index (Phi) is 2.76. The molecular weight excluding hydrogens is 170 g/mol. The number of hydrogen-bond acceptors (Lipinski definition) is 5. The second kappa shape index (κ2) is 3.81. The van der Waals surface area contributed by atoms with Gasteiger partial charge in [-0.25, -0.2) is 10.8 Å². The predicted molar refractivity (Wildman–Crippen MR) is 47.9 cm³/mol. The van der Waals surface area contributed by atoms with Crippen LogP contribution in [-0.2, 0) is 0 Å². The van der Waals surface area contributed by atoms with Gasteiger partial charge in [0.05, 0.1) is 12.4 Å². The number of nitrogens with one attached hydrogen (secondary N) is 1. The Morgan fingerprint density at radius 1 is 1.54 bits per heavy atom. The molecule has 1 heterocycles. The van der Waals surface area contributed by atoms with Gasteiger partial charge in [0.15, 0.2) is 5.82 Å². The zero-order valence-electron chi connectivity index (χ0n) is 7.48. The monoisotopic (exact) mass is 181 g/mol. The highest BCUT2D eigenvalue weighted by Gasteiger charge is 2.09. The molecule has 0 spiro atoms. The van der Waals surface area contributed by atoms with Crippen LogP contribution in [0.15, 0.2) is 12.4 Å². The normalized spacial score (nSPS) is 9.46. The van der Waals surface area contributed by atoms with Gasteiger partial charge in [-0.3, -0.25) is 9.78 Å². The number of rotatable bonds is 2. The number of hydrogen-bond donors (Lipinski definition) is 2. The molecule has 6 nitrogen and oxygen atoms in total. The number of nitrogens with zero attached hydrogens (tertiary/aromatic N) is 3. The molecule has 70 valence electrons. The average molecular weight is 181 g/mol. The first-order valence-corrected chi connectivity index (χ1v) is 3.65. The first-order chi connectivity index (χ1) is 6.15. The summed E-state index contributed by atoms with van der Waals surface area (Å²) in [6.45, 7) is 0. The minimum absolute atomic E-state index is 0.204. The molecule has 0 atom stereocenters. The Labute approximate surface area is 75.7 Å². The van der Waals surface area contributed by atoms with Crippen LogP contribution in [0.5, 0.6) is 0 Å². The van der Waals surface area contributed by atoms with Crippen molar-refractivity contribution < 1.29 is 4.79 Å². The highest BCUT2D eigenvalue weighted by atomic mass is 16.2. The molecule has 0 aliphatic heterocycles. The van der Waals surface area contributed by atoms with E-state index in [4.69, 9.17) is 5.84 Å². The molecule has 1 aromatic heterocycles. The van der Waals surface area contributed by atoms with Gasteiger partial charge in [-0.1, -0.05) is 0 Å². The minimum Gasteiger partial charge on any atom is -0.343 e. The molecule has 1 aromatic rings. The van der Waals surface area contributed by atoms with Crippen molar-refractivity contribution in [2.24, 2.45) is 5.84 Å². The molecule has 0 fully saturated rings. The van der Waals surface area contributed by atoms with Crippen LogP contribution in [0.3, 0.4) is 0 Å². The fourth-order valence-electron chi connectivity index (χ4n) is 0.768. The fourth-order valence-corrected chi connectivity index (χ4v) is 0.768. The van der Waals surface area contributed by atoms with Crippen LogP contribution in [-0.4, -0.2) is 34.9 Å². The molecule has 1 rings (SSSR count). The molecule has 0 saturated carbocycles. The maximum Gasteiger partial charge on any atom is 0.273 e. The van der Waals surface area contributed by atoms with Gasteiger partial charge in [0, 0.05) is 14.1 Å². The third-order valence-corrected chi connectivity index (χ3v) is 1.41. The van der Waals surface area contributed by atoms with E-state index in [2.05, 4.69) is 15.4 Å². The molecule has 3 N–H and O–H groups in total. The van der Waals surface area contributed by atoms with E-state index < -0.39 is 0 Å². The summed E-state index contributed by atoms with van der Waals surface area (Å²) in [5, 5.41) is 0. The number of carbonyl (C=O) groups excluding carboxylic acids is 1. The van der Waals surface area contributed by atoms with Crippen molar-refractivity contribution in [2.45, 2.75) is 0 Å². The van der Waals surface area contributed by atoms with Gasteiger partial charge in [0.2, 0.25) is 0 Å². The second-order valence-electron chi connectivity index (χ2n) is 2.63. The van der Waals surface area contributed by atoms with E-state index in [-0.39, 0.29) is 11.6 Å². The first-order valence-electron chi connectivity index (χ1n) is 3.65. The number of anilines is 1. The van der Waals surface area contributed by atoms with E-state index in [1.54, 1.807) is 14.1 Å². The van der Waals surface area contributed by atoms with Gasteiger partial charge >= 0.3 is 0 Å². The molecule has 1 amide bonds. The minimum atomic E-state index is -0.204. The van der Waals surface area contributed by atoms with Gasteiger partial charge in [0.1, 0.15) is 5.69 Å². The maximum absolute atomic E-state index is 11.4. The van der Waals surface area contributed by atoms with Crippen molar-refractivity contribution in [3.05, 3.63) is 18.1 Å². The smallest absolute Gasteiger partial charge is 0.273 e. The maximum atomic E-state index is 11.4. The molecule has 6 heteroatoms. The van der Waals surface area contributed by atoms with Crippen molar-refractivity contribution in [1.29, 1.82) is 0 Å². The highest BCUT2D eigenvalue weighted by molar-refractivity contribution is 5.91. The van der Waals surface area contributed by atoms with Gasteiger partial charge in [-0.05, 0) is 0 Å². The van der Waals surface area contributed by atoms with Gasteiger partial charge in [0.25, 0.3) is 5.91 Å². The SMILES string of the molecule is CN(C)C(=O)c1cncc(NN)n1. The first kappa shape index (κ1) is 9.40. The van der Waals surface area contributed by atoms with Crippen molar-refractivity contribution in [1.82, 2.24) is 14.9 Å². The molecule has 0 radical (unpaired) electrons. The van der Waals surface area contributed by atoms with E-state index in [0.29, 0.717) is 5.82 Å². The number of nitrogen functional groups attached to an aromatic ring is 1. The van der Waals surface area contributed by atoms with Crippen molar-refractivity contribution in [3.63, 3.8) is 0 Å². The third-order valence-electron chi connectivity index (χ3n) is 1.41. The number of carbonyl (C=O) groups is 1. The summed E-state index contributed by atoms with van der Waals surface area (Å²) >= 11 is 0. The largest absolute Gasteiger partial charge is 0.343 e. The number of amides is 1. The third kappa shape index (κ3) is 2.12. The van der Waals surface area contributed by atoms with Crippen molar-refractivity contribution in [2.75, 3.05) is 19.5 Å². The highest BCUT2D eigenvalue weighted by Crippen LogP contribution is 2.01. The summed E-state index contributed by atoms with van der Waals surface area (Å²) < 4.78 is 0. The van der Waals surface area contributed by atoms with Crippen LogP contribution < -0.4 is 11.3 Å². The zero-order valence-corrected chi connectivity index (χ0v) is 7.48. The quantitative estimate of drug-likeness (QED) is 0.473. The molecule has 0 unspecified atom stereocenters. The second-order valence-corrected chi connectivity index (χ2v) is 2.63. The Hall–Kier alpha value is -1.69. The van der Waals surface area contributed by atoms with Crippen LogP contribution >= 0.6 is 0 Å². The Balaban J connectivity index is 2.95. The van der Waals surface area contributed by atoms with E-state index in [0.717, 1.165) is 0 Å². The molecule has 0 aliphatic carbocycles. The van der Waals surface area contributed by atoms with Gasteiger partial charge in [-0.15, -0.1) is 0 Å². The topological polar surface area (TPSA) is 84.1 Å². The van der Waals surface area contributed by atoms with Gasteiger partial charge in [-0.2, -0.15) is 0 Å². The van der Waals surface area contributed by atoms with Crippen molar-refractivity contribution in [3.8, 4) is 0 Å². The van der Waals surface area contributed by atoms with E-state index >= 15 is 0 Å². The van der Waals surface area contributed by atoms with E-state index in [9.17, 15) is 4.79 Å². The lowest BCUT2D eigenvalue weighted by Gasteiger charge is -2.09. The summed E-state index contributed by atoms with van der Waals surface area (Å²) in [7, 11) is 3.29. The average Bonchev–Trinajstić information content (AvgIpc) is 2.16. The Morgan fingerprint density at radius 2 is 2.23 bits per heavy atom. The van der Waals surface area contributed by atoms with Gasteiger partial charge < -0.3 is 10.3 Å². The molecule has 0 aromatic carbocycles. The summed E-state index contributed by atoms with van der Waals surface area (Å²) in [5.41, 5.74) is 2.58. The van der Waals surface area contributed by atoms with Crippen LogP contribution in [0, 0.1) is 0 Å². The fraction of sp³-hybridized carbons (Fsp3) is 0.286. The lowest BCUT2D eigenvalue weighted by molar-refractivity contribution is 0.0821. The lowest BCUT2D eigenvalue weighted by Crippen LogP contribution is -2.23. The summed E-state index contributed by atoms with van der Waals surface area (Å²) in [6.07, 6.45) is 2.83. The Morgan fingerprint density at radius 3 is 2.77 bits per heavy atom. The van der Waals surface area contributed by atoms with E-state index in [1.165, 1.54) is 17.3 Å².